The average Bonchev–Trinajstić information content (AvgIpc) is 2.90. The first-order valence-electron chi connectivity index (χ1n) is 7.13. The van der Waals surface area contributed by atoms with Gasteiger partial charge in [0.1, 0.15) is 5.82 Å². The lowest BCUT2D eigenvalue weighted by Gasteiger charge is -2.29. The molecule has 3 rings (SSSR count). The number of nitrogens with zero attached hydrogens (tertiary/aromatic N) is 4. The van der Waals surface area contributed by atoms with Crippen LogP contribution in [0.15, 0.2) is 30.9 Å². The number of imidazole rings is 1. The molecule has 5 heteroatoms. The summed E-state index contributed by atoms with van der Waals surface area (Å²) >= 11 is 0. The zero-order chi connectivity index (χ0) is 13.9. The second-order valence-electron chi connectivity index (χ2n) is 5.65. The molecule has 0 aliphatic carbocycles. The quantitative estimate of drug-likeness (QED) is 0.926. The molecule has 1 fully saturated rings. The first-order valence-corrected chi connectivity index (χ1v) is 7.13. The third-order valence-corrected chi connectivity index (χ3v) is 4.09. The molecule has 0 radical (unpaired) electrons. The lowest BCUT2D eigenvalue weighted by atomic mass is 9.97. The molecule has 0 spiro atoms. The topological polar surface area (TPSA) is 60.0 Å². The summed E-state index contributed by atoms with van der Waals surface area (Å²) in [6, 6.07) is 3.84. The summed E-state index contributed by atoms with van der Waals surface area (Å²) in [5, 5.41) is 0. The largest absolute Gasteiger partial charge is 0.384 e. The van der Waals surface area contributed by atoms with E-state index in [0.717, 1.165) is 23.7 Å². The van der Waals surface area contributed by atoms with E-state index in [1.807, 2.05) is 30.9 Å². The van der Waals surface area contributed by atoms with Gasteiger partial charge in [-0.25, -0.2) is 9.97 Å². The summed E-state index contributed by atoms with van der Waals surface area (Å²) in [7, 11) is 2.19. The molecule has 2 aromatic heterocycles. The van der Waals surface area contributed by atoms with E-state index in [2.05, 4.69) is 26.5 Å². The number of rotatable bonds is 3. The molecule has 3 heterocycles. The van der Waals surface area contributed by atoms with E-state index in [9.17, 15) is 0 Å². The number of aromatic nitrogens is 3. The summed E-state index contributed by atoms with van der Waals surface area (Å²) in [5.41, 5.74) is 7.84. The Labute approximate surface area is 119 Å². The molecule has 106 valence electrons. The van der Waals surface area contributed by atoms with Crippen LogP contribution in [0.5, 0.6) is 0 Å². The number of hydrogen-bond donors (Lipinski definition) is 1. The van der Waals surface area contributed by atoms with Gasteiger partial charge in [-0.2, -0.15) is 0 Å². The molecule has 5 nitrogen and oxygen atoms in total. The van der Waals surface area contributed by atoms with Gasteiger partial charge in [-0.05, 0) is 51.0 Å². The van der Waals surface area contributed by atoms with E-state index < -0.39 is 0 Å². The van der Waals surface area contributed by atoms with Gasteiger partial charge in [0.2, 0.25) is 0 Å². The minimum absolute atomic E-state index is 0.551. The van der Waals surface area contributed by atoms with Crippen molar-refractivity contribution in [2.75, 3.05) is 25.9 Å². The third kappa shape index (κ3) is 2.82. The Balaban J connectivity index is 1.75. The molecule has 0 atom stereocenters. The highest BCUT2D eigenvalue weighted by atomic mass is 15.1. The van der Waals surface area contributed by atoms with Crippen molar-refractivity contribution < 1.29 is 0 Å². The second-order valence-corrected chi connectivity index (χ2v) is 5.65. The van der Waals surface area contributed by atoms with Crippen molar-refractivity contribution in [3.63, 3.8) is 0 Å². The van der Waals surface area contributed by atoms with Gasteiger partial charge in [-0.15, -0.1) is 0 Å². The van der Waals surface area contributed by atoms with Gasteiger partial charge in [0.05, 0.1) is 18.2 Å². The molecule has 20 heavy (non-hydrogen) atoms. The standard InChI is InChI=1S/C15H21N5/c1-19-6-4-12(5-7-19)10-20-11-17-9-14(20)13-2-3-15(16)18-8-13/h2-3,8-9,11-12H,4-7,10H2,1H3,(H2,16,18). The molecule has 0 unspecified atom stereocenters. The highest BCUT2D eigenvalue weighted by molar-refractivity contribution is 5.59. The van der Waals surface area contributed by atoms with Crippen molar-refractivity contribution in [2.45, 2.75) is 19.4 Å². The van der Waals surface area contributed by atoms with E-state index in [1.165, 1.54) is 25.9 Å². The van der Waals surface area contributed by atoms with Crippen LogP contribution >= 0.6 is 0 Å². The van der Waals surface area contributed by atoms with Crippen molar-refractivity contribution in [1.29, 1.82) is 0 Å². The maximum atomic E-state index is 5.64. The van der Waals surface area contributed by atoms with Gasteiger partial charge in [-0.3, -0.25) is 0 Å². The SMILES string of the molecule is CN1CCC(Cn2cncc2-c2ccc(N)nc2)CC1. The van der Waals surface area contributed by atoms with Gasteiger partial charge in [0, 0.05) is 18.3 Å². The van der Waals surface area contributed by atoms with Crippen molar-refractivity contribution in [2.24, 2.45) is 5.92 Å². The van der Waals surface area contributed by atoms with Crippen LogP contribution in [0.2, 0.25) is 0 Å². The Morgan fingerprint density at radius 3 is 2.75 bits per heavy atom. The summed E-state index contributed by atoms with van der Waals surface area (Å²) in [6.45, 7) is 3.42. The molecule has 0 amide bonds. The number of nitrogen functional groups attached to an aromatic ring is 1. The van der Waals surface area contributed by atoms with Crippen LogP contribution < -0.4 is 5.73 Å². The number of anilines is 1. The normalized spacial score (nSPS) is 17.4. The maximum absolute atomic E-state index is 5.64. The Hall–Kier alpha value is -1.88. The predicted molar refractivity (Wildman–Crippen MR) is 80.1 cm³/mol. The van der Waals surface area contributed by atoms with E-state index in [1.54, 1.807) is 0 Å². The Kier molecular flexibility index (Phi) is 3.69. The zero-order valence-corrected chi connectivity index (χ0v) is 11.9. The van der Waals surface area contributed by atoms with Gasteiger partial charge < -0.3 is 15.2 Å². The van der Waals surface area contributed by atoms with Crippen molar-refractivity contribution >= 4 is 5.82 Å². The molecule has 2 aromatic rings. The van der Waals surface area contributed by atoms with Crippen LogP contribution in [0.25, 0.3) is 11.3 Å². The number of pyridine rings is 1. The van der Waals surface area contributed by atoms with Gasteiger partial charge >= 0.3 is 0 Å². The molecule has 0 saturated carbocycles. The number of piperidine rings is 1. The Morgan fingerprint density at radius 1 is 1.25 bits per heavy atom. The summed E-state index contributed by atoms with van der Waals surface area (Å²) < 4.78 is 2.24. The maximum Gasteiger partial charge on any atom is 0.123 e. The smallest absolute Gasteiger partial charge is 0.123 e. The Morgan fingerprint density at radius 2 is 2.05 bits per heavy atom. The molecule has 1 saturated heterocycles. The van der Waals surface area contributed by atoms with Crippen LogP contribution in [0, 0.1) is 5.92 Å². The van der Waals surface area contributed by atoms with Gasteiger partial charge in [-0.1, -0.05) is 0 Å². The fourth-order valence-electron chi connectivity index (χ4n) is 2.79. The summed E-state index contributed by atoms with van der Waals surface area (Å²) in [4.78, 5) is 10.9. The van der Waals surface area contributed by atoms with E-state index in [0.29, 0.717) is 5.82 Å². The fourth-order valence-corrected chi connectivity index (χ4v) is 2.79. The molecule has 1 aliphatic heterocycles. The molecule has 2 N–H and O–H groups in total. The minimum atomic E-state index is 0.551. The highest BCUT2D eigenvalue weighted by Crippen LogP contribution is 2.23. The summed E-state index contributed by atoms with van der Waals surface area (Å²) in [6.07, 6.45) is 8.16. The van der Waals surface area contributed by atoms with Crippen LogP contribution in [-0.4, -0.2) is 39.6 Å². The van der Waals surface area contributed by atoms with Gasteiger partial charge in [0.15, 0.2) is 0 Å². The van der Waals surface area contributed by atoms with E-state index in [4.69, 9.17) is 5.73 Å². The lowest BCUT2D eigenvalue weighted by Crippen LogP contribution is -2.31. The number of nitrogens with two attached hydrogens (primary N) is 1. The van der Waals surface area contributed by atoms with Gasteiger partial charge in [0.25, 0.3) is 0 Å². The highest BCUT2D eigenvalue weighted by Gasteiger charge is 2.18. The number of likely N-dealkylation sites (tertiary alicyclic amines) is 1. The summed E-state index contributed by atoms with van der Waals surface area (Å²) in [5.74, 6) is 1.29. The second kappa shape index (κ2) is 5.63. The van der Waals surface area contributed by atoms with Crippen LogP contribution in [0.1, 0.15) is 12.8 Å². The van der Waals surface area contributed by atoms with Crippen LogP contribution in [-0.2, 0) is 6.54 Å². The first-order chi connectivity index (χ1) is 9.72. The van der Waals surface area contributed by atoms with Crippen LogP contribution in [0.4, 0.5) is 5.82 Å². The molecule has 0 bridgehead atoms. The Bertz CT molecular complexity index is 552. The molecular weight excluding hydrogens is 250 g/mol. The molecular formula is C15H21N5. The monoisotopic (exact) mass is 271 g/mol. The van der Waals surface area contributed by atoms with E-state index >= 15 is 0 Å². The first kappa shape index (κ1) is 13.1. The van der Waals surface area contributed by atoms with Crippen molar-refractivity contribution in [3.05, 3.63) is 30.9 Å². The van der Waals surface area contributed by atoms with E-state index in [-0.39, 0.29) is 0 Å². The van der Waals surface area contributed by atoms with Crippen molar-refractivity contribution in [3.8, 4) is 11.3 Å². The van der Waals surface area contributed by atoms with Crippen molar-refractivity contribution in [1.82, 2.24) is 19.4 Å². The third-order valence-electron chi connectivity index (χ3n) is 4.09. The molecule has 1 aliphatic rings. The molecule has 0 aromatic carbocycles. The zero-order valence-electron chi connectivity index (χ0n) is 11.9. The minimum Gasteiger partial charge on any atom is -0.384 e. The average molecular weight is 271 g/mol. The van der Waals surface area contributed by atoms with Crippen LogP contribution in [0.3, 0.4) is 0 Å². The predicted octanol–water partition coefficient (Wildman–Crippen LogP) is 1.87. The number of hydrogen-bond acceptors (Lipinski definition) is 4. The fraction of sp³-hybridized carbons (Fsp3) is 0.467. The lowest BCUT2D eigenvalue weighted by molar-refractivity contribution is 0.205.